The molecule has 18 heavy (non-hydrogen) atoms. The molecule has 0 radical (unpaired) electrons. The van der Waals surface area contributed by atoms with Crippen LogP contribution in [0.15, 0.2) is 36.5 Å². The molecule has 0 aliphatic carbocycles. The third kappa shape index (κ3) is 2.37. The van der Waals surface area contributed by atoms with Crippen molar-refractivity contribution >= 4 is 11.6 Å². The van der Waals surface area contributed by atoms with Gasteiger partial charge in [0.1, 0.15) is 11.4 Å². The number of hydrogen-bond acceptors (Lipinski definition) is 2. The number of nitrogens with zero attached hydrogens (tertiary/aromatic N) is 1. The van der Waals surface area contributed by atoms with E-state index in [1.54, 1.807) is 19.1 Å². The first-order chi connectivity index (χ1) is 8.41. The van der Waals surface area contributed by atoms with Gasteiger partial charge >= 0.3 is 0 Å². The Kier molecular flexibility index (Phi) is 3.37. The van der Waals surface area contributed by atoms with Gasteiger partial charge in [0.05, 0.1) is 11.9 Å². The van der Waals surface area contributed by atoms with Crippen molar-refractivity contribution in [3.05, 3.63) is 64.2 Å². The summed E-state index contributed by atoms with van der Waals surface area (Å²) in [6, 6.07) is 8.04. The number of aliphatic hydroxyl groups is 1. The van der Waals surface area contributed by atoms with E-state index in [1.807, 2.05) is 13.0 Å². The molecule has 0 fully saturated rings. The summed E-state index contributed by atoms with van der Waals surface area (Å²) in [5.74, 6) is -0.434. The van der Waals surface area contributed by atoms with Crippen molar-refractivity contribution in [2.75, 3.05) is 0 Å². The van der Waals surface area contributed by atoms with Crippen molar-refractivity contribution < 1.29 is 9.50 Å². The highest BCUT2D eigenvalue weighted by molar-refractivity contribution is 6.31. The molecule has 1 aromatic carbocycles. The molecule has 0 saturated heterocycles. The molecular formula is C14H13ClFNO. The highest BCUT2D eigenvalue weighted by Crippen LogP contribution is 2.30. The molecule has 0 amide bonds. The molecule has 1 atom stereocenters. The lowest BCUT2D eigenvalue weighted by molar-refractivity contribution is 0.0972. The number of hydrogen-bond donors (Lipinski definition) is 1. The quantitative estimate of drug-likeness (QED) is 0.902. The van der Waals surface area contributed by atoms with Crippen molar-refractivity contribution in [1.29, 1.82) is 0 Å². The van der Waals surface area contributed by atoms with Gasteiger partial charge in [0, 0.05) is 5.02 Å². The fourth-order valence-electron chi connectivity index (χ4n) is 1.71. The Balaban J connectivity index is 2.46. The van der Waals surface area contributed by atoms with E-state index in [1.165, 1.54) is 12.1 Å². The molecule has 94 valence electrons. The highest BCUT2D eigenvalue weighted by atomic mass is 35.5. The normalized spacial score (nSPS) is 14.3. The van der Waals surface area contributed by atoms with Crippen LogP contribution in [-0.4, -0.2) is 10.1 Å². The molecule has 2 nitrogen and oxygen atoms in total. The number of aromatic nitrogens is 1. The second-order valence-electron chi connectivity index (χ2n) is 4.40. The van der Waals surface area contributed by atoms with Crippen LogP contribution in [0, 0.1) is 12.7 Å². The van der Waals surface area contributed by atoms with E-state index >= 15 is 0 Å². The summed E-state index contributed by atoms with van der Waals surface area (Å²) in [5.41, 5.74) is 0.634. The van der Waals surface area contributed by atoms with E-state index in [2.05, 4.69) is 4.98 Å². The van der Waals surface area contributed by atoms with Crippen LogP contribution in [-0.2, 0) is 5.60 Å². The van der Waals surface area contributed by atoms with Crippen LogP contribution in [0.2, 0.25) is 5.02 Å². The van der Waals surface area contributed by atoms with Gasteiger partial charge in [-0.2, -0.15) is 0 Å². The minimum Gasteiger partial charge on any atom is -0.379 e. The van der Waals surface area contributed by atoms with Gasteiger partial charge in [-0.05, 0) is 43.2 Å². The predicted molar refractivity (Wildman–Crippen MR) is 69.1 cm³/mol. The Labute approximate surface area is 110 Å². The van der Waals surface area contributed by atoms with Crippen molar-refractivity contribution in [3.63, 3.8) is 0 Å². The Morgan fingerprint density at radius 1 is 1.28 bits per heavy atom. The molecule has 2 rings (SSSR count). The fraction of sp³-hybridized carbons (Fsp3) is 0.214. The number of halogens is 2. The zero-order valence-corrected chi connectivity index (χ0v) is 10.9. The second kappa shape index (κ2) is 4.67. The van der Waals surface area contributed by atoms with Crippen LogP contribution in [0.5, 0.6) is 0 Å². The first-order valence-electron chi connectivity index (χ1n) is 5.52. The Morgan fingerprint density at radius 3 is 2.56 bits per heavy atom. The summed E-state index contributed by atoms with van der Waals surface area (Å²) in [7, 11) is 0. The smallest absolute Gasteiger partial charge is 0.141 e. The summed E-state index contributed by atoms with van der Waals surface area (Å²) in [6.45, 7) is 3.49. The molecule has 1 heterocycles. The summed E-state index contributed by atoms with van der Waals surface area (Å²) >= 11 is 6.04. The van der Waals surface area contributed by atoms with E-state index < -0.39 is 11.4 Å². The maximum absolute atomic E-state index is 12.8. The predicted octanol–water partition coefficient (Wildman–Crippen LogP) is 3.44. The van der Waals surface area contributed by atoms with E-state index in [0.717, 1.165) is 11.8 Å². The SMILES string of the molecule is Cc1ccc(C(C)(O)c2ccc(F)cn2)cc1Cl. The van der Waals surface area contributed by atoms with Crippen LogP contribution in [0.25, 0.3) is 0 Å². The van der Waals surface area contributed by atoms with Crippen LogP contribution in [0.1, 0.15) is 23.7 Å². The summed E-state index contributed by atoms with van der Waals surface area (Å²) in [6.07, 6.45) is 1.08. The zero-order valence-electron chi connectivity index (χ0n) is 10.1. The number of benzene rings is 1. The molecule has 0 aliphatic rings. The van der Waals surface area contributed by atoms with Crippen molar-refractivity contribution in [1.82, 2.24) is 4.98 Å². The van der Waals surface area contributed by atoms with Crippen molar-refractivity contribution in [2.24, 2.45) is 0 Å². The van der Waals surface area contributed by atoms with Crippen molar-refractivity contribution in [3.8, 4) is 0 Å². The molecule has 0 bridgehead atoms. The summed E-state index contributed by atoms with van der Waals surface area (Å²) in [5, 5.41) is 11.1. The minimum absolute atomic E-state index is 0.379. The highest BCUT2D eigenvalue weighted by Gasteiger charge is 2.27. The standard InChI is InChI=1S/C14H13ClFNO/c1-9-3-4-10(7-12(9)15)14(2,18)13-6-5-11(16)8-17-13/h3-8,18H,1-2H3. The first kappa shape index (κ1) is 13.0. The molecule has 0 saturated carbocycles. The van der Waals surface area contributed by atoms with E-state index in [9.17, 15) is 9.50 Å². The van der Waals surface area contributed by atoms with Gasteiger partial charge in [-0.3, -0.25) is 4.98 Å². The monoisotopic (exact) mass is 265 g/mol. The first-order valence-corrected chi connectivity index (χ1v) is 5.90. The lowest BCUT2D eigenvalue weighted by Gasteiger charge is -2.23. The van der Waals surface area contributed by atoms with Gasteiger partial charge in [0.2, 0.25) is 0 Å². The van der Waals surface area contributed by atoms with Crippen LogP contribution in [0.4, 0.5) is 4.39 Å². The number of pyridine rings is 1. The summed E-state index contributed by atoms with van der Waals surface area (Å²) in [4.78, 5) is 3.91. The second-order valence-corrected chi connectivity index (χ2v) is 4.81. The topological polar surface area (TPSA) is 33.1 Å². The molecule has 0 spiro atoms. The third-order valence-corrected chi connectivity index (χ3v) is 3.37. The van der Waals surface area contributed by atoms with Gasteiger partial charge in [0.25, 0.3) is 0 Å². The van der Waals surface area contributed by atoms with Gasteiger partial charge in [-0.25, -0.2) is 4.39 Å². The molecule has 1 aromatic heterocycles. The average molecular weight is 266 g/mol. The molecule has 1 unspecified atom stereocenters. The molecular weight excluding hydrogens is 253 g/mol. The van der Waals surface area contributed by atoms with Gasteiger partial charge < -0.3 is 5.11 Å². The van der Waals surface area contributed by atoms with Crippen molar-refractivity contribution in [2.45, 2.75) is 19.4 Å². The van der Waals surface area contributed by atoms with E-state index in [4.69, 9.17) is 11.6 Å². The van der Waals surface area contributed by atoms with E-state index in [0.29, 0.717) is 16.3 Å². The maximum Gasteiger partial charge on any atom is 0.141 e. The number of aryl methyl sites for hydroxylation is 1. The number of rotatable bonds is 2. The van der Waals surface area contributed by atoms with Gasteiger partial charge in [-0.1, -0.05) is 23.7 Å². The largest absolute Gasteiger partial charge is 0.379 e. The average Bonchev–Trinajstić information content (AvgIpc) is 2.33. The molecule has 1 N–H and O–H groups in total. The van der Waals surface area contributed by atoms with Crippen LogP contribution >= 0.6 is 11.6 Å². The van der Waals surface area contributed by atoms with Crippen LogP contribution in [0.3, 0.4) is 0 Å². The van der Waals surface area contributed by atoms with Gasteiger partial charge in [0.15, 0.2) is 0 Å². The Morgan fingerprint density at radius 2 is 2.00 bits per heavy atom. The molecule has 4 heteroatoms. The van der Waals surface area contributed by atoms with Gasteiger partial charge in [-0.15, -0.1) is 0 Å². The minimum atomic E-state index is -1.30. The zero-order chi connectivity index (χ0) is 13.3. The molecule has 0 aliphatic heterocycles. The van der Waals surface area contributed by atoms with E-state index in [-0.39, 0.29) is 0 Å². The Hall–Kier alpha value is -1.45. The van der Waals surface area contributed by atoms with Crippen LogP contribution < -0.4 is 0 Å². The molecule has 2 aromatic rings. The lowest BCUT2D eigenvalue weighted by Crippen LogP contribution is -2.24. The summed E-state index contributed by atoms with van der Waals surface area (Å²) < 4.78 is 12.8. The third-order valence-electron chi connectivity index (χ3n) is 2.96. The Bertz CT molecular complexity index is 567. The maximum atomic E-state index is 12.8. The lowest BCUT2D eigenvalue weighted by atomic mass is 9.91. The fourth-order valence-corrected chi connectivity index (χ4v) is 1.89.